The molecule has 1 amide bonds. The Kier molecular flexibility index (Phi) is 4.30. The quantitative estimate of drug-likeness (QED) is 0.901. The Bertz CT molecular complexity index is 539. The summed E-state index contributed by atoms with van der Waals surface area (Å²) in [4.78, 5) is 11.8. The third-order valence-electron chi connectivity index (χ3n) is 2.71. The van der Waals surface area contributed by atoms with Gasteiger partial charge in [-0.2, -0.15) is 0 Å². The maximum Gasteiger partial charge on any atom is 0.254 e. The van der Waals surface area contributed by atoms with Crippen LogP contribution in [0, 0.1) is 5.82 Å². The van der Waals surface area contributed by atoms with Gasteiger partial charge >= 0.3 is 0 Å². The molecule has 0 aliphatic heterocycles. The second-order valence-corrected chi connectivity index (χ2v) is 3.93. The number of furan rings is 1. The molecule has 100 valence electrons. The Morgan fingerprint density at radius 1 is 1.37 bits per heavy atom. The predicted octanol–water partition coefficient (Wildman–Crippen LogP) is 2.54. The molecule has 5 heteroatoms. The smallest absolute Gasteiger partial charge is 0.254 e. The zero-order valence-electron chi connectivity index (χ0n) is 10.4. The highest BCUT2D eigenvalue weighted by Crippen LogP contribution is 2.16. The number of rotatable bonds is 5. The van der Waals surface area contributed by atoms with Crippen molar-refractivity contribution in [2.45, 2.75) is 6.10 Å². The molecule has 0 spiro atoms. The number of halogens is 1. The number of carbonyl (C=O) groups is 1. The zero-order valence-corrected chi connectivity index (χ0v) is 10.4. The van der Waals surface area contributed by atoms with Crippen molar-refractivity contribution in [2.75, 3.05) is 13.7 Å². The number of hydrogen-bond acceptors (Lipinski definition) is 3. The van der Waals surface area contributed by atoms with Gasteiger partial charge in [0.15, 0.2) is 0 Å². The van der Waals surface area contributed by atoms with Gasteiger partial charge < -0.3 is 14.5 Å². The van der Waals surface area contributed by atoms with Gasteiger partial charge in [0.25, 0.3) is 5.91 Å². The predicted molar refractivity (Wildman–Crippen MR) is 67.2 cm³/mol. The third kappa shape index (κ3) is 3.20. The molecule has 1 aromatic carbocycles. The highest BCUT2D eigenvalue weighted by molar-refractivity contribution is 5.94. The van der Waals surface area contributed by atoms with Crippen molar-refractivity contribution < 1.29 is 18.3 Å². The fourth-order valence-corrected chi connectivity index (χ4v) is 1.70. The van der Waals surface area contributed by atoms with Crippen molar-refractivity contribution in [1.82, 2.24) is 5.32 Å². The Balaban J connectivity index is 1.98. The molecule has 1 unspecified atom stereocenters. The van der Waals surface area contributed by atoms with E-state index in [0.717, 1.165) is 0 Å². The van der Waals surface area contributed by atoms with Crippen molar-refractivity contribution in [2.24, 2.45) is 0 Å². The molecule has 0 bridgehead atoms. The molecule has 0 radical (unpaired) electrons. The van der Waals surface area contributed by atoms with E-state index in [1.54, 1.807) is 18.2 Å². The standard InChI is InChI=1S/C14H14FNO3/c1-18-13(12-7-4-8-19-12)9-16-14(17)10-5-2-3-6-11(10)15/h2-8,13H,9H2,1H3,(H,16,17). The lowest BCUT2D eigenvalue weighted by Crippen LogP contribution is -2.29. The van der Waals surface area contributed by atoms with Crippen molar-refractivity contribution in [3.05, 3.63) is 59.8 Å². The summed E-state index contributed by atoms with van der Waals surface area (Å²) < 4.78 is 23.8. The lowest BCUT2D eigenvalue weighted by Gasteiger charge is -2.13. The number of ether oxygens (including phenoxy) is 1. The molecule has 1 heterocycles. The van der Waals surface area contributed by atoms with E-state index in [0.29, 0.717) is 5.76 Å². The summed E-state index contributed by atoms with van der Waals surface area (Å²) in [6, 6.07) is 9.31. The van der Waals surface area contributed by atoms with Gasteiger partial charge in [0.1, 0.15) is 17.7 Å². The Hall–Kier alpha value is -2.14. The molecule has 0 fully saturated rings. The van der Waals surface area contributed by atoms with Crippen LogP contribution in [0.5, 0.6) is 0 Å². The van der Waals surface area contributed by atoms with Crippen molar-refractivity contribution in [3.63, 3.8) is 0 Å². The van der Waals surface area contributed by atoms with E-state index in [2.05, 4.69) is 5.32 Å². The average Bonchev–Trinajstić information content (AvgIpc) is 2.94. The van der Waals surface area contributed by atoms with Gasteiger partial charge in [0, 0.05) is 7.11 Å². The summed E-state index contributed by atoms with van der Waals surface area (Å²) >= 11 is 0. The van der Waals surface area contributed by atoms with Gasteiger partial charge in [-0.25, -0.2) is 4.39 Å². The van der Waals surface area contributed by atoms with Crippen LogP contribution >= 0.6 is 0 Å². The van der Waals surface area contributed by atoms with Gasteiger partial charge in [-0.15, -0.1) is 0 Å². The normalized spacial score (nSPS) is 12.1. The summed E-state index contributed by atoms with van der Waals surface area (Å²) in [5.74, 6) is -0.421. The van der Waals surface area contributed by atoms with Crippen LogP contribution in [0.4, 0.5) is 4.39 Å². The van der Waals surface area contributed by atoms with Crippen molar-refractivity contribution >= 4 is 5.91 Å². The molecule has 0 saturated heterocycles. The summed E-state index contributed by atoms with van der Waals surface area (Å²) in [6.45, 7) is 0.206. The van der Waals surface area contributed by atoms with E-state index in [-0.39, 0.29) is 12.1 Å². The van der Waals surface area contributed by atoms with Gasteiger partial charge in [-0.3, -0.25) is 4.79 Å². The molecule has 1 N–H and O–H groups in total. The van der Waals surface area contributed by atoms with E-state index >= 15 is 0 Å². The molecule has 2 aromatic rings. The molecule has 4 nitrogen and oxygen atoms in total. The van der Waals surface area contributed by atoms with E-state index < -0.39 is 17.8 Å². The first-order valence-corrected chi connectivity index (χ1v) is 5.81. The zero-order chi connectivity index (χ0) is 13.7. The van der Waals surface area contributed by atoms with Crippen LogP contribution in [0.2, 0.25) is 0 Å². The SMILES string of the molecule is COC(CNC(=O)c1ccccc1F)c1ccco1. The summed E-state index contributed by atoms with van der Waals surface area (Å²) in [6.07, 6.45) is 1.13. The second kappa shape index (κ2) is 6.15. The molecule has 19 heavy (non-hydrogen) atoms. The maximum absolute atomic E-state index is 13.4. The van der Waals surface area contributed by atoms with Crippen LogP contribution in [0.15, 0.2) is 47.1 Å². The van der Waals surface area contributed by atoms with E-state index in [1.165, 1.54) is 31.6 Å². The molecule has 0 aliphatic rings. The first-order valence-electron chi connectivity index (χ1n) is 5.81. The van der Waals surface area contributed by atoms with Gasteiger partial charge in [0.2, 0.25) is 0 Å². The first-order chi connectivity index (χ1) is 9.22. The topological polar surface area (TPSA) is 51.5 Å². The highest BCUT2D eigenvalue weighted by Gasteiger charge is 2.16. The van der Waals surface area contributed by atoms with Gasteiger partial charge in [-0.05, 0) is 24.3 Å². The molecule has 2 rings (SSSR count). The average molecular weight is 263 g/mol. The molecule has 0 saturated carbocycles. The lowest BCUT2D eigenvalue weighted by molar-refractivity contribution is 0.0736. The minimum atomic E-state index is -0.549. The Morgan fingerprint density at radius 3 is 2.79 bits per heavy atom. The monoisotopic (exact) mass is 263 g/mol. The first kappa shape index (κ1) is 13.3. The molecule has 1 atom stereocenters. The van der Waals surface area contributed by atoms with Crippen LogP contribution in [-0.2, 0) is 4.74 Å². The number of methoxy groups -OCH3 is 1. The molecular weight excluding hydrogens is 249 g/mol. The van der Waals surface area contributed by atoms with E-state index in [9.17, 15) is 9.18 Å². The molecular formula is C14H14FNO3. The van der Waals surface area contributed by atoms with Crippen molar-refractivity contribution in [3.8, 4) is 0 Å². The van der Waals surface area contributed by atoms with Crippen molar-refractivity contribution in [1.29, 1.82) is 0 Å². The number of hydrogen-bond donors (Lipinski definition) is 1. The number of benzene rings is 1. The van der Waals surface area contributed by atoms with Gasteiger partial charge in [0.05, 0.1) is 18.4 Å². The Morgan fingerprint density at radius 2 is 2.16 bits per heavy atom. The van der Waals surface area contributed by atoms with Gasteiger partial charge in [-0.1, -0.05) is 12.1 Å². The highest BCUT2D eigenvalue weighted by atomic mass is 19.1. The fourth-order valence-electron chi connectivity index (χ4n) is 1.70. The Labute approximate surface area is 110 Å². The van der Waals surface area contributed by atoms with Crippen LogP contribution in [0.1, 0.15) is 22.2 Å². The largest absolute Gasteiger partial charge is 0.467 e. The van der Waals surface area contributed by atoms with Crippen LogP contribution in [0.3, 0.4) is 0 Å². The summed E-state index contributed by atoms with van der Waals surface area (Å²) in [5.41, 5.74) is 0.0109. The third-order valence-corrected chi connectivity index (χ3v) is 2.71. The van der Waals surface area contributed by atoms with Crippen LogP contribution in [-0.4, -0.2) is 19.6 Å². The van der Waals surface area contributed by atoms with Crippen LogP contribution in [0.25, 0.3) is 0 Å². The minimum Gasteiger partial charge on any atom is -0.467 e. The minimum absolute atomic E-state index is 0.0109. The van der Waals surface area contributed by atoms with E-state index in [4.69, 9.17) is 9.15 Å². The molecule has 0 aliphatic carbocycles. The second-order valence-electron chi connectivity index (χ2n) is 3.93. The summed E-state index contributed by atoms with van der Waals surface area (Å²) in [5, 5.41) is 2.62. The summed E-state index contributed by atoms with van der Waals surface area (Å²) in [7, 11) is 1.52. The van der Waals surface area contributed by atoms with E-state index in [1.807, 2.05) is 0 Å². The number of carbonyl (C=O) groups excluding carboxylic acids is 1. The fraction of sp³-hybridized carbons (Fsp3) is 0.214. The lowest BCUT2D eigenvalue weighted by atomic mass is 10.2. The maximum atomic E-state index is 13.4. The number of nitrogens with one attached hydrogen (secondary N) is 1. The molecule has 1 aromatic heterocycles. The van der Waals surface area contributed by atoms with Crippen LogP contribution < -0.4 is 5.32 Å². The number of amides is 1.